The summed E-state index contributed by atoms with van der Waals surface area (Å²) in [7, 11) is -0.227. The highest BCUT2D eigenvalue weighted by atomic mass is 35.5. The molecule has 2 rings (SSSR count). The Hall–Kier alpha value is -2.25. The number of amides is 1. The minimum Gasteiger partial charge on any atom is -0.497 e. The smallest absolute Gasteiger partial charge is 0.253 e. The summed E-state index contributed by atoms with van der Waals surface area (Å²) in [5.74, 6) is 0.496. The molecule has 0 aliphatic carbocycles. The summed E-state index contributed by atoms with van der Waals surface area (Å²) in [5.41, 5.74) is 1.46. The zero-order valence-electron chi connectivity index (χ0n) is 14.1. The topological polar surface area (TPSA) is 75.7 Å². The van der Waals surface area contributed by atoms with E-state index >= 15 is 0 Å². The summed E-state index contributed by atoms with van der Waals surface area (Å²) < 4.78 is 30.2. The highest BCUT2D eigenvalue weighted by Gasteiger charge is 2.15. The first-order chi connectivity index (χ1) is 11.7. The molecule has 2 aromatic carbocycles. The lowest BCUT2D eigenvalue weighted by atomic mass is 10.1. The van der Waals surface area contributed by atoms with E-state index in [9.17, 15) is 13.2 Å². The molecule has 0 unspecified atom stereocenters. The molecule has 0 aromatic heterocycles. The standard InChI is InChI=1S/C17H19ClN2O4S/c1-20(11-12-4-7-14(24-2)8-5-12)17(21)13-6-9-15(18)16(10-13)19-25(3,22)23/h4-10,19H,11H2,1-3H3. The van der Waals surface area contributed by atoms with Gasteiger partial charge >= 0.3 is 0 Å². The largest absolute Gasteiger partial charge is 0.497 e. The Bertz CT molecular complexity index is 867. The van der Waals surface area contributed by atoms with Crippen molar-refractivity contribution in [2.75, 3.05) is 25.1 Å². The Kier molecular flexibility index (Phi) is 5.92. The number of hydrogen-bond acceptors (Lipinski definition) is 4. The molecule has 0 atom stereocenters. The van der Waals surface area contributed by atoms with Gasteiger partial charge in [-0.05, 0) is 35.9 Å². The van der Waals surface area contributed by atoms with E-state index in [4.69, 9.17) is 16.3 Å². The molecule has 0 heterocycles. The molecule has 0 aliphatic heterocycles. The molecular weight excluding hydrogens is 364 g/mol. The molecule has 8 heteroatoms. The number of nitrogens with one attached hydrogen (secondary N) is 1. The number of carbonyl (C=O) groups excluding carboxylic acids is 1. The van der Waals surface area contributed by atoms with Gasteiger partial charge < -0.3 is 9.64 Å². The SMILES string of the molecule is COc1ccc(CN(C)C(=O)c2ccc(Cl)c(NS(C)(=O)=O)c2)cc1. The predicted molar refractivity (Wildman–Crippen MR) is 98.7 cm³/mol. The number of halogens is 1. The molecule has 0 bridgehead atoms. The molecule has 0 aliphatic rings. The van der Waals surface area contributed by atoms with Crippen LogP contribution in [0.5, 0.6) is 5.75 Å². The second-order valence-electron chi connectivity index (χ2n) is 5.58. The van der Waals surface area contributed by atoms with Gasteiger partial charge in [-0.3, -0.25) is 9.52 Å². The van der Waals surface area contributed by atoms with Crippen LogP contribution < -0.4 is 9.46 Å². The Morgan fingerprint density at radius 3 is 2.40 bits per heavy atom. The maximum Gasteiger partial charge on any atom is 0.253 e. The maximum atomic E-state index is 12.6. The molecule has 2 aromatic rings. The first kappa shape index (κ1) is 19.1. The monoisotopic (exact) mass is 382 g/mol. The van der Waals surface area contributed by atoms with Crippen molar-refractivity contribution in [3.8, 4) is 5.75 Å². The average molecular weight is 383 g/mol. The Labute approximate surface area is 152 Å². The molecular formula is C17H19ClN2O4S. The normalized spacial score (nSPS) is 11.0. The van der Waals surface area contributed by atoms with Gasteiger partial charge in [0.1, 0.15) is 5.75 Å². The number of hydrogen-bond donors (Lipinski definition) is 1. The van der Waals surface area contributed by atoms with Gasteiger partial charge in [0.05, 0.1) is 24.1 Å². The fourth-order valence-electron chi connectivity index (χ4n) is 2.23. The fourth-order valence-corrected chi connectivity index (χ4v) is 3.02. The number of sulfonamides is 1. The molecule has 1 N–H and O–H groups in total. The molecule has 0 spiro atoms. The maximum absolute atomic E-state index is 12.6. The second-order valence-corrected chi connectivity index (χ2v) is 7.73. The molecule has 25 heavy (non-hydrogen) atoms. The van der Waals surface area contributed by atoms with E-state index in [1.165, 1.54) is 17.0 Å². The van der Waals surface area contributed by atoms with Crippen LogP contribution >= 0.6 is 11.6 Å². The quantitative estimate of drug-likeness (QED) is 0.833. The van der Waals surface area contributed by atoms with Gasteiger partial charge in [0.15, 0.2) is 0 Å². The molecule has 0 saturated heterocycles. The number of anilines is 1. The minimum absolute atomic E-state index is 0.174. The molecule has 134 valence electrons. The van der Waals surface area contributed by atoms with E-state index in [1.54, 1.807) is 20.2 Å². The van der Waals surface area contributed by atoms with Crippen LogP contribution in [0.4, 0.5) is 5.69 Å². The zero-order valence-corrected chi connectivity index (χ0v) is 15.7. The van der Waals surface area contributed by atoms with Crippen LogP contribution in [-0.2, 0) is 16.6 Å². The van der Waals surface area contributed by atoms with Gasteiger partial charge in [-0.2, -0.15) is 0 Å². The average Bonchev–Trinajstić information content (AvgIpc) is 2.55. The van der Waals surface area contributed by atoms with Crippen LogP contribution in [0.15, 0.2) is 42.5 Å². The van der Waals surface area contributed by atoms with Gasteiger partial charge in [0.25, 0.3) is 5.91 Å². The first-order valence-corrected chi connectivity index (χ1v) is 9.62. The summed E-state index contributed by atoms with van der Waals surface area (Å²) in [4.78, 5) is 14.1. The summed E-state index contributed by atoms with van der Waals surface area (Å²) in [5, 5.41) is 0.222. The van der Waals surface area contributed by atoms with Crippen molar-refractivity contribution in [2.45, 2.75) is 6.54 Å². The van der Waals surface area contributed by atoms with E-state index in [0.717, 1.165) is 17.6 Å². The van der Waals surface area contributed by atoms with Crippen LogP contribution in [0.2, 0.25) is 5.02 Å². The number of ether oxygens (including phenoxy) is 1. The third kappa shape index (κ3) is 5.37. The van der Waals surface area contributed by atoms with Crippen LogP contribution in [0.3, 0.4) is 0 Å². The molecule has 1 amide bonds. The van der Waals surface area contributed by atoms with Gasteiger partial charge in [-0.1, -0.05) is 23.7 Å². The van der Waals surface area contributed by atoms with E-state index in [-0.39, 0.29) is 16.6 Å². The van der Waals surface area contributed by atoms with Crippen LogP contribution in [0, 0.1) is 0 Å². The summed E-state index contributed by atoms with van der Waals surface area (Å²) >= 11 is 5.98. The van der Waals surface area contributed by atoms with E-state index < -0.39 is 10.0 Å². The van der Waals surface area contributed by atoms with E-state index in [0.29, 0.717) is 12.1 Å². The molecule has 0 saturated carbocycles. The van der Waals surface area contributed by atoms with E-state index in [1.807, 2.05) is 24.3 Å². The number of rotatable bonds is 6. The molecule has 0 radical (unpaired) electrons. The Morgan fingerprint density at radius 1 is 1.20 bits per heavy atom. The van der Waals surface area contributed by atoms with Crippen molar-refractivity contribution >= 4 is 33.2 Å². The second kappa shape index (κ2) is 7.76. The van der Waals surface area contributed by atoms with Crippen molar-refractivity contribution in [2.24, 2.45) is 0 Å². The highest BCUT2D eigenvalue weighted by Crippen LogP contribution is 2.25. The van der Waals surface area contributed by atoms with Gasteiger partial charge in [-0.25, -0.2) is 8.42 Å². The van der Waals surface area contributed by atoms with Crippen molar-refractivity contribution in [1.82, 2.24) is 4.90 Å². The number of methoxy groups -OCH3 is 1. The van der Waals surface area contributed by atoms with Crippen molar-refractivity contribution in [3.05, 3.63) is 58.6 Å². The van der Waals surface area contributed by atoms with Crippen molar-refractivity contribution in [1.29, 1.82) is 0 Å². The number of nitrogens with zero attached hydrogens (tertiary/aromatic N) is 1. The summed E-state index contributed by atoms with van der Waals surface area (Å²) in [6, 6.07) is 11.9. The predicted octanol–water partition coefficient (Wildman–Crippen LogP) is 2.99. The highest BCUT2D eigenvalue weighted by molar-refractivity contribution is 7.92. The Balaban J connectivity index is 2.16. The fraction of sp³-hybridized carbons (Fsp3) is 0.235. The zero-order chi connectivity index (χ0) is 18.6. The Morgan fingerprint density at radius 2 is 1.84 bits per heavy atom. The van der Waals surface area contributed by atoms with Crippen LogP contribution in [0.1, 0.15) is 15.9 Å². The third-order valence-corrected chi connectivity index (χ3v) is 4.35. The van der Waals surface area contributed by atoms with Crippen LogP contribution in [-0.4, -0.2) is 39.6 Å². The van der Waals surface area contributed by atoms with Crippen molar-refractivity contribution < 1.29 is 17.9 Å². The van der Waals surface area contributed by atoms with E-state index in [2.05, 4.69) is 4.72 Å². The lowest BCUT2D eigenvalue weighted by molar-refractivity contribution is 0.0785. The first-order valence-electron chi connectivity index (χ1n) is 7.35. The van der Waals surface area contributed by atoms with Gasteiger partial charge in [-0.15, -0.1) is 0 Å². The van der Waals surface area contributed by atoms with Gasteiger partial charge in [0.2, 0.25) is 10.0 Å². The third-order valence-electron chi connectivity index (χ3n) is 3.43. The van der Waals surface area contributed by atoms with Gasteiger partial charge in [0, 0.05) is 19.2 Å². The summed E-state index contributed by atoms with van der Waals surface area (Å²) in [6.45, 7) is 0.403. The molecule has 0 fully saturated rings. The lowest BCUT2D eigenvalue weighted by Gasteiger charge is -2.18. The van der Waals surface area contributed by atoms with Crippen LogP contribution in [0.25, 0.3) is 0 Å². The molecule has 6 nitrogen and oxygen atoms in total. The number of carbonyl (C=O) groups is 1. The number of benzene rings is 2. The summed E-state index contributed by atoms with van der Waals surface area (Å²) in [6.07, 6.45) is 1.02. The minimum atomic E-state index is -3.49. The lowest BCUT2D eigenvalue weighted by Crippen LogP contribution is -2.26. The van der Waals surface area contributed by atoms with Crippen molar-refractivity contribution in [3.63, 3.8) is 0 Å².